The van der Waals surface area contributed by atoms with Crippen LogP contribution in [-0.2, 0) is 9.53 Å². The Kier molecular flexibility index (Phi) is 6.71. The molecule has 2 aliphatic heterocycles. The van der Waals surface area contributed by atoms with Gasteiger partial charge in [-0.2, -0.15) is 0 Å². The molecule has 2 unspecified atom stereocenters. The quantitative estimate of drug-likeness (QED) is 0.747. The molecule has 2 N–H and O–H groups in total. The van der Waals surface area contributed by atoms with E-state index in [1.807, 2.05) is 18.2 Å². The molecule has 1 aromatic carbocycles. The molecule has 0 radical (unpaired) electrons. The third kappa shape index (κ3) is 4.47. The molecular formula is C19H29N3O4. The number of carbonyl (C=O) groups excluding carboxylic acids is 1. The number of nitrogens with zero attached hydrogens (tertiary/aromatic N) is 1. The van der Waals surface area contributed by atoms with E-state index in [4.69, 9.17) is 14.2 Å². The van der Waals surface area contributed by atoms with E-state index in [1.165, 1.54) is 0 Å². The van der Waals surface area contributed by atoms with Gasteiger partial charge in [0.15, 0.2) is 11.5 Å². The second kappa shape index (κ2) is 9.21. The van der Waals surface area contributed by atoms with Crippen LogP contribution in [0.1, 0.15) is 18.0 Å². The monoisotopic (exact) mass is 363 g/mol. The zero-order chi connectivity index (χ0) is 18.4. The maximum atomic E-state index is 12.4. The van der Waals surface area contributed by atoms with Gasteiger partial charge in [0.25, 0.3) is 0 Å². The number of benzene rings is 1. The molecule has 2 heterocycles. The number of ether oxygens (including phenoxy) is 3. The van der Waals surface area contributed by atoms with E-state index in [1.54, 1.807) is 14.2 Å². The molecule has 7 nitrogen and oxygen atoms in total. The smallest absolute Gasteiger partial charge is 0.224 e. The van der Waals surface area contributed by atoms with E-state index in [-0.39, 0.29) is 17.9 Å². The van der Waals surface area contributed by atoms with Crippen molar-refractivity contribution < 1.29 is 19.0 Å². The van der Waals surface area contributed by atoms with Crippen LogP contribution in [0.5, 0.6) is 11.5 Å². The largest absolute Gasteiger partial charge is 0.493 e. The first kappa shape index (κ1) is 18.9. The van der Waals surface area contributed by atoms with E-state index < -0.39 is 0 Å². The van der Waals surface area contributed by atoms with Crippen molar-refractivity contribution in [3.8, 4) is 11.5 Å². The maximum Gasteiger partial charge on any atom is 0.224 e. The van der Waals surface area contributed by atoms with Gasteiger partial charge in [0, 0.05) is 26.2 Å². The van der Waals surface area contributed by atoms with Gasteiger partial charge in [0.05, 0.1) is 39.4 Å². The van der Waals surface area contributed by atoms with Crippen LogP contribution in [0.2, 0.25) is 0 Å². The second-order valence-electron chi connectivity index (χ2n) is 6.71. The summed E-state index contributed by atoms with van der Waals surface area (Å²) < 4.78 is 16.3. The van der Waals surface area contributed by atoms with Gasteiger partial charge in [-0.05, 0) is 30.7 Å². The highest BCUT2D eigenvalue weighted by Gasteiger charge is 2.27. The summed E-state index contributed by atoms with van der Waals surface area (Å²) in [6.45, 7) is 5.38. The minimum atomic E-state index is 0.0748. The molecule has 0 aromatic heterocycles. The Hall–Kier alpha value is -1.83. The first-order valence-electron chi connectivity index (χ1n) is 9.25. The lowest BCUT2D eigenvalue weighted by Crippen LogP contribution is -2.45. The molecule has 144 valence electrons. The molecule has 1 amide bonds. The van der Waals surface area contributed by atoms with Crippen molar-refractivity contribution in [2.75, 3.05) is 60.2 Å². The number of methoxy groups -OCH3 is 2. The first-order chi connectivity index (χ1) is 12.7. The molecule has 26 heavy (non-hydrogen) atoms. The number of carbonyl (C=O) groups is 1. The lowest BCUT2D eigenvalue weighted by molar-refractivity contribution is -0.124. The summed E-state index contributed by atoms with van der Waals surface area (Å²) in [7, 11) is 3.27. The summed E-state index contributed by atoms with van der Waals surface area (Å²) in [5, 5.41) is 6.40. The van der Waals surface area contributed by atoms with Crippen molar-refractivity contribution in [3.63, 3.8) is 0 Å². The third-order valence-corrected chi connectivity index (χ3v) is 5.18. The SMILES string of the molecule is COc1ccc(C(CNC(=O)C2CCNC2)N2CCOCC2)cc1OC. The molecule has 2 atom stereocenters. The highest BCUT2D eigenvalue weighted by Crippen LogP contribution is 2.32. The minimum Gasteiger partial charge on any atom is -0.493 e. The van der Waals surface area contributed by atoms with Crippen molar-refractivity contribution in [2.45, 2.75) is 12.5 Å². The van der Waals surface area contributed by atoms with Crippen molar-refractivity contribution in [2.24, 2.45) is 5.92 Å². The fourth-order valence-electron chi connectivity index (χ4n) is 3.63. The van der Waals surface area contributed by atoms with Gasteiger partial charge in [-0.25, -0.2) is 0 Å². The number of amides is 1. The van der Waals surface area contributed by atoms with E-state index in [9.17, 15) is 4.79 Å². The standard InChI is InChI=1S/C19H29N3O4/c1-24-17-4-3-14(11-18(17)25-2)16(22-7-9-26-10-8-22)13-21-19(23)15-5-6-20-12-15/h3-4,11,15-16,20H,5-10,12-13H2,1-2H3,(H,21,23). The van der Waals surface area contributed by atoms with Crippen LogP contribution in [0.15, 0.2) is 18.2 Å². The van der Waals surface area contributed by atoms with Crippen LogP contribution >= 0.6 is 0 Å². The molecule has 2 fully saturated rings. The Labute approximate surface area is 155 Å². The van der Waals surface area contributed by atoms with Gasteiger partial charge in [-0.3, -0.25) is 9.69 Å². The van der Waals surface area contributed by atoms with Crippen LogP contribution < -0.4 is 20.1 Å². The van der Waals surface area contributed by atoms with Gasteiger partial charge < -0.3 is 24.8 Å². The molecule has 0 spiro atoms. The normalized spacial score (nSPS) is 22.0. The zero-order valence-corrected chi connectivity index (χ0v) is 15.6. The first-order valence-corrected chi connectivity index (χ1v) is 9.25. The highest BCUT2D eigenvalue weighted by atomic mass is 16.5. The summed E-state index contributed by atoms with van der Waals surface area (Å²) in [6, 6.07) is 6.05. The lowest BCUT2D eigenvalue weighted by Gasteiger charge is -2.35. The number of hydrogen-bond donors (Lipinski definition) is 2. The van der Waals surface area contributed by atoms with Crippen molar-refractivity contribution >= 4 is 5.91 Å². The molecular weight excluding hydrogens is 334 g/mol. The average molecular weight is 363 g/mol. The molecule has 7 heteroatoms. The number of morpholine rings is 1. The number of hydrogen-bond acceptors (Lipinski definition) is 6. The van der Waals surface area contributed by atoms with Gasteiger partial charge in [0.2, 0.25) is 5.91 Å². The molecule has 3 rings (SSSR count). The fourth-order valence-corrected chi connectivity index (χ4v) is 3.63. The van der Waals surface area contributed by atoms with E-state index >= 15 is 0 Å². The Morgan fingerprint density at radius 3 is 2.73 bits per heavy atom. The van der Waals surface area contributed by atoms with Crippen LogP contribution in [-0.4, -0.2) is 71.0 Å². The predicted molar refractivity (Wildman–Crippen MR) is 98.7 cm³/mol. The summed E-state index contributed by atoms with van der Waals surface area (Å²) in [4.78, 5) is 14.8. The Balaban J connectivity index is 1.75. The number of rotatable bonds is 7. The molecule has 0 saturated carbocycles. The van der Waals surface area contributed by atoms with Crippen molar-refractivity contribution in [1.82, 2.24) is 15.5 Å². The summed E-state index contributed by atoms with van der Waals surface area (Å²) >= 11 is 0. The Morgan fingerprint density at radius 2 is 2.08 bits per heavy atom. The summed E-state index contributed by atoms with van der Waals surface area (Å²) in [5.41, 5.74) is 1.11. The van der Waals surface area contributed by atoms with Crippen LogP contribution in [0.4, 0.5) is 0 Å². The van der Waals surface area contributed by atoms with E-state index in [0.29, 0.717) is 31.3 Å². The predicted octanol–water partition coefficient (Wildman–Crippen LogP) is 0.803. The Morgan fingerprint density at radius 1 is 1.31 bits per heavy atom. The van der Waals surface area contributed by atoms with Crippen molar-refractivity contribution in [1.29, 1.82) is 0 Å². The van der Waals surface area contributed by atoms with Gasteiger partial charge in [-0.1, -0.05) is 6.07 Å². The highest BCUT2D eigenvalue weighted by molar-refractivity contribution is 5.79. The fraction of sp³-hybridized carbons (Fsp3) is 0.632. The third-order valence-electron chi connectivity index (χ3n) is 5.18. The van der Waals surface area contributed by atoms with Crippen LogP contribution in [0.25, 0.3) is 0 Å². The molecule has 2 saturated heterocycles. The summed E-state index contributed by atoms with van der Waals surface area (Å²) in [5.74, 6) is 1.62. The second-order valence-corrected chi connectivity index (χ2v) is 6.71. The average Bonchev–Trinajstić information content (AvgIpc) is 3.23. The Bertz CT molecular complexity index is 598. The van der Waals surface area contributed by atoms with Gasteiger partial charge >= 0.3 is 0 Å². The van der Waals surface area contributed by atoms with E-state index in [0.717, 1.165) is 38.2 Å². The molecule has 2 aliphatic rings. The molecule has 0 aliphatic carbocycles. The molecule has 0 bridgehead atoms. The molecule has 1 aromatic rings. The van der Waals surface area contributed by atoms with Crippen LogP contribution in [0, 0.1) is 5.92 Å². The lowest BCUT2D eigenvalue weighted by atomic mass is 10.0. The minimum absolute atomic E-state index is 0.0748. The van der Waals surface area contributed by atoms with E-state index in [2.05, 4.69) is 15.5 Å². The topological polar surface area (TPSA) is 72.1 Å². The number of nitrogens with one attached hydrogen (secondary N) is 2. The maximum absolute atomic E-state index is 12.4. The van der Waals surface area contributed by atoms with Crippen molar-refractivity contribution in [3.05, 3.63) is 23.8 Å². The summed E-state index contributed by atoms with van der Waals surface area (Å²) in [6.07, 6.45) is 0.907. The van der Waals surface area contributed by atoms with Gasteiger partial charge in [-0.15, -0.1) is 0 Å². The van der Waals surface area contributed by atoms with Crippen LogP contribution in [0.3, 0.4) is 0 Å². The zero-order valence-electron chi connectivity index (χ0n) is 15.6. The van der Waals surface area contributed by atoms with Gasteiger partial charge in [0.1, 0.15) is 0 Å².